The second kappa shape index (κ2) is 7.28. The monoisotopic (exact) mass is 277 g/mol. The molecular formula is C12H18F3N3O. The maximum atomic E-state index is 11.9. The molecule has 1 aromatic heterocycles. The lowest BCUT2D eigenvalue weighted by molar-refractivity contribution is -0.138. The molecule has 0 radical (unpaired) electrons. The highest BCUT2D eigenvalue weighted by atomic mass is 19.4. The summed E-state index contributed by atoms with van der Waals surface area (Å²) in [5.74, 6) is 1.17. The molecule has 0 unspecified atom stereocenters. The molecule has 0 atom stereocenters. The molecule has 1 rings (SSSR count). The molecule has 1 aromatic rings. The van der Waals surface area contributed by atoms with Crippen molar-refractivity contribution in [2.45, 2.75) is 39.5 Å². The number of nitrogens with one attached hydrogen (secondary N) is 1. The van der Waals surface area contributed by atoms with Crippen LogP contribution >= 0.6 is 0 Å². The van der Waals surface area contributed by atoms with E-state index in [9.17, 15) is 13.2 Å². The van der Waals surface area contributed by atoms with Crippen LogP contribution in [-0.2, 0) is 11.3 Å². The van der Waals surface area contributed by atoms with Gasteiger partial charge < -0.3 is 10.1 Å². The van der Waals surface area contributed by atoms with Gasteiger partial charge in [-0.15, -0.1) is 0 Å². The van der Waals surface area contributed by atoms with Crippen LogP contribution in [0.5, 0.6) is 0 Å². The number of ether oxygens (including phenoxy) is 1. The Kier molecular flexibility index (Phi) is 6.01. The first-order valence-electron chi connectivity index (χ1n) is 6.13. The molecule has 0 aliphatic carbocycles. The van der Waals surface area contributed by atoms with Crippen LogP contribution in [0.3, 0.4) is 0 Å². The predicted molar refractivity (Wildman–Crippen MR) is 65.9 cm³/mol. The number of hydrogen-bond acceptors (Lipinski definition) is 4. The van der Waals surface area contributed by atoms with E-state index in [2.05, 4.69) is 15.3 Å². The van der Waals surface area contributed by atoms with Gasteiger partial charge in [-0.3, -0.25) is 0 Å². The van der Waals surface area contributed by atoms with Gasteiger partial charge in [-0.25, -0.2) is 9.97 Å². The third-order valence-electron chi connectivity index (χ3n) is 2.24. The molecule has 0 spiro atoms. The lowest BCUT2D eigenvalue weighted by atomic mass is 10.3. The van der Waals surface area contributed by atoms with Crippen molar-refractivity contribution in [2.24, 2.45) is 0 Å². The summed E-state index contributed by atoms with van der Waals surface area (Å²) in [7, 11) is 0. The second-order valence-electron chi connectivity index (χ2n) is 4.11. The number of hydrogen-bond donors (Lipinski definition) is 1. The summed E-state index contributed by atoms with van der Waals surface area (Å²) in [5.41, 5.74) is 0.792. The standard InChI is InChI=1S/C12H18F3N3O/c1-3-16-10-7-9(2)17-11(18-10)8-19-6-4-5-12(13,14)15/h7H,3-6,8H2,1-2H3,(H,16,17,18). The molecule has 1 heterocycles. The van der Waals surface area contributed by atoms with Gasteiger partial charge >= 0.3 is 6.18 Å². The zero-order valence-corrected chi connectivity index (χ0v) is 11.0. The molecule has 7 heteroatoms. The second-order valence-corrected chi connectivity index (χ2v) is 4.11. The number of aromatic nitrogens is 2. The maximum Gasteiger partial charge on any atom is 0.389 e. The number of alkyl halides is 3. The summed E-state index contributed by atoms with van der Waals surface area (Å²) in [6.45, 7) is 4.69. The van der Waals surface area contributed by atoms with Gasteiger partial charge in [0.2, 0.25) is 0 Å². The highest BCUT2D eigenvalue weighted by molar-refractivity contribution is 5.35. The molecule has 0 saturated heterocycles. The quantitative estimate of drug-likeness (QED) is 0.778. The van der Waals surface area contributed by atoms with E-state index in [0.717, 1.165) is 12.2 Å². The molecule has 1 N–H and O–H groups in total. The average molecular weight is 277 g/mol. The van der Waals surface area contributed by atoms with Crippen LogP contribution in [0, 0.1) is 6.92 Å². The first-order chi connectivity index (χ1) is 8.90. The summed E-state index contributed by atoms with van der Waals surface area (Å²) in [6, 6.07) is 1.80. The van der Waals surface area contributed by atoms with Gasteiger partial charge in [0.1, 0.15) is 12.4 Å². The molecule has 0 saturated carbocycles. The molecule has 0 aliphatic rings. The van der Waals surface area contributed by atoms with Crippen LogP contribution < -0.4 is 5.32 Å². The molecule has 4 nitrogen and oxygen atoms in total. The largest absolute Gasteiger partial charge is 0.389 e. The first kappa shape index (κ1) is 15.7. The van der Waals surface area contributed by atoms with Gasteiger partial charge in [-0.1, -0.05) is 0 Å². The van der Waals surface area contributed by atoms with Crippen molar-refractivity contribution in [1.29, 1.82) is 0 Å². The van der Waals surface area contributed by atoms with Crippen molar-refractivity contribution >= 4 is 5.82 Å². The van der Waals surface area contributed by atoms with E-state index in [0.29, 0.717) is 11.6 Å². The van der Waals surface area contributed by atoms with E-state index in [1.807, 2.05) is 13.8 Å². The minimum Gasteiger partial charge on any atom is -0.373 e. The van der Waals surface area contributed by atoms with Crippen molar-refractivity contribution < 1.29 is 17.9 Å². The fourth-order valence-electron chi connectivity index (χ4n) is 1.50. The van der Waals surface area contributed by atoms with Crippen molar-refractivity contribution in [1.82, 2.24) is 9.97 Å². The summed E-state index contributed by atoms with van der Waals surface area (Å²) in [6.07, 6.45) is -5.00. The normalized spacial score (nSPS) is 11.6. The Labute approximate surface area is 110 Å². The Morgan fingerprint density at radius 3 is 2.68 bits per heavy atom. The van der Waals surface area contributed by atoms with Crippen LogP contribution in [0.2, 0.25) is 0 Å². The first-order valence-corrected chi connectivity index (χ1v) is 6.13. The van der Waals surface area contributed by atoms with Crippen molar-refractivity contribution in [3.05, 3.63) is 17.6 Å². The zero-order chi connectivity index (χ0) is 14.3. The zero-order valence-electron chi connectivity index (χ0n) is 11.0. The lowest BCUT2D eigenvalue weighted by Gasteiger charge is -2.08. The van der Waals surface area contributed by atoms with Crippen LogP contribution in [0.4, 0.5) is 19.0 Å². The van der Waals surface area contributed by atoms with Crippen LogP contribution in [0.25, 0.3) is 0 Å². The number of aryl methyl sites for hydroxylation is 1. The summed E-state index contributed by atoms with van der Waals surface area (Å²) < 4.78 is 40.9. The van der Waals surface area contributed by atoms with Crippen molar-refractivity contribution in [3.8, 4) is 0 Å². The van der Waals surface area contributed by atoms with Gasteiger partial charge in [0.05, 0.1) is 0 Å². The van der Waals surface area contributed by atoms with Crippen LogP contribution in [0.1, 0.15) is 31.3 Å². The fraction of sp³-hybridized carbons (Fsp3) is 0.667. The number of anilines is 1. The van der Waals surface area contributed by atoms with E-state index in [1.54, 1.807) is 6.07 Å². The van der Waals surface area contributed by atoms with Gasteiger partial charge in [0.25, 0.3) is 0 Å². The molecule has 0 amide bonds. The van der Waals surface area contributed by atoms with E-state index in [4.69, 9.17) is 4.74 Å². The predicted octanol–water partition coefficient (Wildman–Crippen LogP) is 3.08. The van der Waals surface area contributed by atoms with Gasteiger partial charge in [0.15, 0.2) is 5.82 Å². The maximum absolute atomic E-state index is 11.9. The molecule has 0 fully saturated rings. The number of nitrogens with zero attached hydrogens (tertiary/aromatic N) is 2. The Morgan fingerprint density at radius 2 is 2.05 bits per heavy atom. The number of rotatable bonds is 7. The fourth-order valence-corrected chi connectivity index (χ4v) is 1.50. The van der Waals surface area contributed by atoms with Crippen molar-refractivity contribution in [3.63, 3.8) is 0 Å². The van der Waals surface area contributed by atoms with Crippen LogP contribution in [-0.4, -0.2) is 29.3 Å². The minimum absolute atomic E-state index is 0.0462. The summed E-state index contributed by atoms with van der Waals surface area (Å²) in [4.78, 5) is 8.36. The third kappa shape index (κ3) is 6.95. The smallest absolute Gasteiger partial charge is 0.373 e. The molecule has 108 valence electrons. The Balaban J connectivity index is 2.36. The number of halogens is 3. The summed E-state index contributed by atoms with van der Waals surface area (Å²) >= 11 is 0. The van der Waals surface area contributed by atoms with Crippen LogP contribution in [0.15, 0.2) is 6.07 Å². The Bertz CT molecular complexity index is 396. The van der Waals surface area contributed by atoms with Gasteiger partial charge in [0, 0.05) is 31.3 Å². The molecular weight excluding hydrogens is 259 g/mol. The average Bonchev–Trinajstić information content (AvgIpc) is 2.26. The highest BCUT2D eigenvalue weighted by Crippen LogP contribution is 2.21. The van der Waals surface area contributed by atoms with Crippen molar-refractivity contribution in [2.75, 3.05) is 18.5 Å². The van der Waals surface area contributed by atoms with Gasteiger partial charge in [-0.05, 0) is 20.3 Å². The molecule has 19 heavy (non-hydrogen) atoms. The highest BCUT2D eigenvalue weighted by Gasteiger charge is 2.25. The molecule has 0 aromatic carbocycles. The SMILES string of the molecule is CCNc1cc(C)nc(COCCCC(F)(F)F)n1. The third-order valence-corrected chi connectivity index (χ3v) is 2.24. The topological polar surface area (TPSA) is 47.0 Å². The Hall–Kier alpha value is -1.37. The molecule has 0 bridgehead atoms. The van der Waals surface area contributed by atoms with E-state index >= 15 is 0 Å². The van der Waals surface area contributed by atoms with Gasteiger partial charge in [-0.2, -0.15) is 13.2 Å². The van der Waals surface area contributed by atoms with E-state index in [1.165, 1.54) is 0 Å². The van der Waals surface area contributed by atoms with E-state index < -0.39 is 12.6 Å². The molecule has 0 aliphatic heterocycles. The Morgan fingerprint density at radius 1 is 1.32 bits per heavy atom. The van der Waals surface area contributed by atoms with E-state index in [-0.39, 0.29) is 19.6 Å². The summed E-state index contributed by atoms with van der Waals surface area (Å²) in [5, 5.41) is 3.05. The lowest BCUT2D eigenvalue weighted by Crippen LogP contribution is -2.10. The minimum atomic E-state index is -4.12.